The molecule has 0 aliphatic carbocycles. The van der Waals surface area contributed by atoms with Gasteiger partial charge >= 0.3 is 6.18 Å². The molecule has 0 heterocycles. The van der Waals surface area contributed by atoms with Gasteiger partial charge in [0.25, 0.3) is 11.6 Å². The second kappa shape index (κ2) is 9.07. The predicted molar refractivity (Wildman–Crippen MR) is 94.5 cm³/mol. The van der Waals surface area contributed by atoms with E-state index in [0.717, 1.165) is 12.5 Å². The topological polar surface area (TPSA) is 90.7 Å². The number of carbonyl (C=O) groups excluding carboxylic acids is 1. The number of nitrogens with one attached hydrogen (secondary N) is 1. The quantitative estimate of drug-likeness (QED) is 0.525. The molecule has 0 radical (unpaired) electrons. The summed E-state index contributed by atoms with van der Waals surface area (Å²) in [5.41, 5.74) is -2.76. The Morgan fingerprint density at radius 1 is 1.11 bits per heavy atom. The lowest BCUT2D eigenvalue weighted by molar-refractivity contribution is -0.388. The molecule has 0 spiro atoms. The third kappa shape index (κ3) is 5.86. The number of amides is 1. The molecule has 1 amide bonds. The van der Waals surface area contributed by atoms with E-state index in [1.807, 2.05) is 6.92 Å². The van der Waals surface area contributed by atoms with Crippen LogP contribution in [0.5, 0.6) is 11.5 Å². The van der Waals surface area contributed by atoms with E-state index in [1.165, 1.54) is 0 Å². The van der Waals surface area contributed by atoms with Crippen molar-refractivity contribution in [1.82, 2.24) is 0 Å². The number of carbonyl (C=O) groups is 1. The third-order valence-electron chi connectivity index (χ3n) is 3.45. The van der Waals surface area contributed by atoms with Crippen molar-refractivity contribution in [3.05, 3.63) is 58.1 Å². The van der Waals surface area contributed by atoms with Crippen molar-refractivity contribution < 1.29 is 32.4 Å². The number of ether oxygens (including phenoxy) is 2. The lowest BCUT2D eigenvalue weighted by Crippen LogP contribution is -2.20. The van der Waals surface area contributed by atoms with Gasteiger partial charge in [0, 0.05) is 11.8 Å². The number of anilines is 1. The van der Waals surface area contributed by atoms with Gasteiger partial charge in [0.2, 0.25) is 0 Å². The zero-order chi connectivity index (χ0) is 20.7. The van der Waals surface area contributed by atoms with Crippen molar-refractivity contribution in [1.29, 1.82) is 0 Å². The molecule has 150 valence electrons. The average molecular weight is 398 g/mol. The zero-order valence-electron chi connectivity index (χ0n) is 14.8. The van der Waals surface area contributed by atoms with Gasteiger partial charge in [-0.1, -0.05) is 6.92 Å². The molecule has 2 aromatic carbocycles. The minimum absolute atomic E-state index is 0.227. The molecule has 0 unspecified atom stereocenters. The highest BCUT2D eigenvalue weighted by atomic mass is 19.4. The fourth-order valence-corrected chi connectivity index (χ4v) is 2.20. The van der Waals surface area contributed by atoms with Crippen LogP contribution in [-0.2, 0) is 11.0 Å². The van der Waals surface area contributed by atoms with Gasteiger partial charge in [-0.05, 0) is 42.8 Å². The van der Waals surface area contributed by atoms with E-state index in [-0.39, 0.29) is 5.69 Å². The Balaban J connectivity index is 1.98. The number of alkyl halides is 3. The molecule has 1 N–H and O–H groups in total. The SMILES string of the molecule is CCCOc1ccc(OCC(=O)Nc2ccc([N+](=O)[O-])c(C(F)(F)F)c2)cc1. The molecule has 0 atom stereocenters. The summed E-state index contributed by atoms with van der Waals surface area (Å²) < 4.78 is 49.5. The number of halogens is 3. The number of hydrogen-bond acceptors (Lipinski definition) is 5. The molecule has 7 nitrogen and oxygen atoms in total. The summed E-state index contributed by atoms with van der Waals surface area (Å²) in [6.45, 7) is 2.09. The van der Waals surface area contributed by atoms with Crippen molar-refractivity contribution in [2.75, 3.05) is 18.5 Å². The van der Waals surface area contributed by atoms with E-state index in [4.69, 9.17) is 9.47 Å². The summed E-state index contributed by atoms with van der Waals surface area (Å²) in [4.78, 5) is 21.5. The summed E-state index contributed by atoms with van der Waals surface area (Å²) in [5.74, 6) is 0.302. The monoisotopic (exact) mass is 398 g/mol. The summed E-state index contributed by atoms with van der Waals surface area (Å²) in [7, 11) is 0. The number of nitro groups is 1. The molecule has 28 heavy (non-hydrogen) atoms. The molecular formula is C18H17F3N2O5. The van der Waals surface area contributed by atoms with Gasteiger partial charge in [0.15, 0.2) is 6.61 Å². The van der Waals surface area contributed by atoms with Crippen LogP contribution in [0, 0.1) is 10.1 Å². The number of rotatable bonds is 8. The van der Waals surface area contributed by atoms with Crippen molar-refractivity contribution in [3.63, 3.8) is 0 Å². The molecule has 10 heteroatoms. The number of nitro benzene ring substituents is 1. The van der Waals surface area contributed by atoms with Gasteiger partial charge in [-0.2, -0.15) is 13.2 Å². The average Bonchev–Trinajstić information content (AvgIpc) is 2.64. The minimum atomic E-state index is -4.93. The Bertz CT molecular complexity index is 838. The van der Waals surface area contributed by atoms with Crippen LogP contribution in [0.1, 0.15) is 18.9 Å². The first-order chi connectivity index (χ1) is 13.2. The highest BCUT2D eigenvalue weighted by Crippen LogP contribution is 2.37. The zero-order valence-corrected chi connectivity index (χ0v) is 14.8. The van der Waals surface area contributed by atoms with Crippen molar-refractivity contribution >= 4 is 17.3 Å². The molecular weight excluding hydrogens is 381 g/mol. The maximum absolute atomic E-state index is 13.0. The van der Waals surface area contributed by atoms with E-state index in [0.29, 0.717) is 30.2 Å². The summed E-state index contributed by atoms with van der Waals surface area (Å²) in [5, 5.41) is 13.0. The Hall–Kier alpha value is -3.30. The fraction of sp³-hybridized carbons (Fsp3) is 0.278. The van der Waals surface area contributed by atoms with Gasteiger partial charge in [-0.3, -0.25) is 14.9 Å². The fourth-order valence-electron chi connectivity index (χ4n) is 2.20. The molecule has 0 saturated carbocycles. The smallest absolute Gasteiger partial charge is 0.423 e. The molecule has 0 aliphatic rings. The molecule has 0 aliphatic heterocycles. The lowest BCUT2D eigenvalue weighted by atomic mass is 10.1. The third-order valence-corrected chi connectivity index (χ3v) is 3.45. The summed E-state index contributed by atoms with van der Waals surface area (Å²) >= 11 is 0. The van der Waals surface area contributed by atoms with Crippen LogP contribution in [0.25, 0.3) is 0 Å². The van der Waals surface area contributed by atoms with Crippen LogP contribution >= 0.6 is 0 Å². The second-order valence-electron chi connectivity index (χ2n) is 5.64. The van der Waals surface area contributed by atoms with Crippen LogP contribution in [0.15, 0.2) is 42.5 Å². The van der Waals surface area contributed by atoms with E-state index in [2.05, 4.69) is 5.32 Å². The van der Waals surface area contributed by atoms with Crippen molar-refractivity contribution in [3.8, 4) is 11.5 Å². The highest BCUT2D eigenvalue weighted by Gasteiger charge is 2.38. The standard InChI is InChI=1S/C18H17F3N2O5/c1-2-9-27-13-4-6-14(7-5-13)28-11-17(24)22-12-3-8-16(23(25)26)15(10-12)18(19,20)21/h3-8,10H,2,9,11H2,1H3,(H,22,24). The molecule has 0 aromatic heterocycles. The van der Waals surface area contributed by atoms with E-state index >= 15 is 0 Å². The van der Waals surface area contributed by atoms with Crippen LogP contribution in [0.3, 0.4) is 0 Å². The van der Waals surface area contributed by atoms with Crippen LogP contribution in [-0.4, -0.2) is 24.0 Å². The number of nitrogens with zero attached hydrogens (tertiary/aromatic N) is 1. The van der Waals surface area contributed by atoms with Crippen LogP contribution < -0.4 is 14.8 Å². The summed E-state index contributed by atoms with van der Waals surface area (Å²) in [6.07, 6.45) is -4.07. The molecule has 2 aromatic rings. The van der Waals surface area contributed by atoms with Gasteiger partial charge in [0.05, 0.1) is 11.5 Å². The Kier molecular flexibility index (Phi) is 6.80. The first-order valence-corrected chi connectivity index (χ1v) is 8.22. The van der Waals surface area contributed by atoms with E-state index < -0.39 is 34.9 Å². The normalized spacial score (nSPS) is 11.0. The molecule has 0 bridgehead atoms. The van der Waals surface area contributed by atoms with E-state index in [9.17, 15) is 28.1 Å². The van der Waals surface area contributed by atoms with Gasteiger partial charge in [-0.15, -0.1) is 0 Å². The number of hydrogen-bond donors (Lipinski definition) is 1. The predicted octanol–water partition coefficient (Wildman–Crippen LogP) is 4.42. The van der Waals surface area contributed by atoms with E-state index in [1.54, 1.807) is 24.3 Å². The Labute approximate surface area is 158 Å². The summed E-state index contributed by atoms with van der Waals surface area (Å²) in [6, 6.07) is 8.72. The minimum Gasteiger partial charge on any atom is -0.494 e. The lowest BCUT2D eigenvalue weighted by Gasteiger charge is -2.11. The highest BCUT2D eigenvalue weighted by molar-refractivity contribution is 5.92. The second-order valence-corrected chi connectivity index (χ2v) is 5.64. The molecule has 0 fully saturated rings. The first kappa shape index (κ1) is 21.0. The van der Waals surface area contributed by atoms with Gasteiger partial charge in [-0.25, -0.2) is 0 Å². The number of benzene rings is 2. The maximum atomic E-state index is 13.0. The Morgan fingerprint density at radius 2 is 1.71 bits per heavy atom. The largest absolute Gasteiger partial charge is 0.494 e. The van der Waals surface area contributed by atoms with Crippen molar-refractivity contribution in [2.45, 2.75) is 19.5 Å². The maximum Gasteiger partial charge on any atom is 0.423 e. The molecule has 2 rings (SSSR count). The van der Waals surface area contributed by atoms with Crippen molar-refractivity contribution in [2.24, 2.45) is 0 Å². The first-order valence-electron chi connectivity index (χ1n) is 8.22. The molecule has 0 saturated heterocycles. The Morgan fingerprint density at radius 3 is 2.25 bits per heavy atom. The van der Waals surface area contributed by atoms with Crippen LogP contribution in [0.4, 0.5) is 24.5 Å². The van der Waals surface area contributed by atoms with Gasteiger partial charge < -0.3 is 14.8 Å². The van der Waals surface area contributed by atoms with Gasteiger partial charge in [0.1, 0.15) is 17.1 Å². The van der Waals surface area contributed by atoms with Crippen LogP contribution in [0.2, 0.25) is 0 Å².